The van der Waals surface area contributed by atoms with Gasteiger partial charge in [-0.1, -0.05) is 12.1 Å². The summed E-state index contributed by atoms with van der Waals surface area (Å²) in [5, 5.41) is 12.8. The molecule has 0 spiro atoms. The summed E-state index contributed by atoms with van der Waals surface area (Å²) < 4.78 is 0. The summed E-state index contributed by atoms with van der Waals surface area (Å²) in [6, 6.07) is 6.36. The van der Waals surface area contributed by atoms with Crippen LogP contribution in [0.15, 0.2) is 24.3 Å². The number of aromatic nitrogens is 1. The minimum absolute atomic E-state index is 0.0810. The largest absolute Gasteiger partial charge is 0.478 e. The fourth-order valence-corrected chi connectivity index (χ4v) is 3.25. The lowest BCUT2D eigenvalue weighted by Crippen LogP contribution is -2.30. The van der Waals surface area contributed by atoms with Crippen LogP contribution in [0.25, 0.3) is 0 Å². The highest BCUT2D eigenvalue weighted by atomic mass is 32.1. The molecule has 0 aliphatic heterocycles. The second-order valence-electron chi connectivity index (χ2n) is 5.31. The van der Waals surface area contributed by atoms with Crippen LogP contribution < -0.4 is 5.32 Å². The summed E-state index contributed by atoms with van der Waals surface area (Å²) in [7, 11) is 1.84. The van der Waals surface area contributed by atoms with Crippen LogP contribution in [0.3, 0.4) is 0 Å². The van der Waals surface area contributed by atoms with E-state index in [1.807, 2.05) is 25.8 Å². The summed E-state index contributed by atoms with van der Waals surface area (Å²) in [6.07, 6.45) is 0. The highest BCUT2D eigenvalue weighted by Crippen LogP contribution is 2.19. The molecule has 0 unspecified atom stereocenters. The van der Waals surface area contributed by atoms with Gasteiger partial charge < -0.3 is 10.4 Å². The van der Waals surface area contributed by atoms with Crippen molar-refractivity contribution < 1.29 is 14.7 Å². The maximum absolute atomic E-state index is 12.1. The molecule has 1 aromatic carbocycles. The number of rotatable bonds is 6. The molecule has 6 nitrogen and oxygen atoms in total. The molecule has 122 valence electrons. The van der Waals surface area contributed by atoms with Crippen LogP contribution in [0.2, 0.25) is 0 Å². The molecule has 0 aliphatic carbocycles. The fourth-order valence-electron chi connectivity index (χ4n) is 2.23. The van der Waals surface area contributed by atoms with Gasteiger partial charge in [-0.15, -0.1) is 11.3 Å². The van der Waals surface area contributed by atoms with E-state index in [9.17, 15) is 9.59 Å². The zero-order chi connectivity index (χ0) is 17.0. The molecule has 2 rings (SSSR count). The highest BCUT2D eigenvalue weighted by Gasteiger charge is 2.14. The van der Waals surface area contributed by atoms with Crippen molar-refractivity contribution in [2.45, 2.75) is 20.4 Å². The van der Waals surface area contributed by atoms with Gasteiger partial charge in [0.1, 0.15) is 0 Å². The number of thiazole rings is 1. The van der Waals surface area contributed by atoms with Gasteiger partial charge >= 0.3 is 5.97 Å². The summed E-state index contributed by atoms with van der Waals surface area (Å²) in [4.78, 5) is 30.6. The number of nitrogens with zero attached hydrogens (tertiary/aromatic N) is 2. The molecule has 7 heteroatoms. The van der Waals surface area contributed by atoms with Gasteiger partial charge in [0, 0.05) is 11.4 Å². The Kier molecular flexibility index (Phi) is 5.46. The number of nitrogens with one attached hydrogen (secondary N) is 1. The van der Waals surface area contributed by atoms with Crippen molar-refractivity contribution in [2.75, 3.05) is 18.9 Å². The Morgan fingerprint density at radius 1 is 1.30 bits per heavy atom. The fraction of sp³-hybridized carbons (Fsp3) is 0.312. The summed E-state index contributed by atoms with van der Waals surface area (Å²) in [5.41, 5.74) is 1.37. The molecule has 2 aromatic rings. The average Bonchev–Trinajstić information content (AvgIpc) is 2.76. The molecule has 0 saturated carbocycles. The van der Waals surface area contributed by atoms with Gasteiger partial charge in [-0.05, 0) is 33.0 Å². The number of carboxylic acid groups (broad SMARTS) is 1. The quantitative estimate of drug-likeness (QED) is 0.849. The number of hydrogen-bond donors (Lipinski definition) is 2. The molecular formula is C16H19N3O3S. The topological polar surface area (TPSA) is 82.5 Å². The Balaban J connectivity index is 1.97. The predicted molar refractivity (Wildman–Crippen MR) is 90.0 cm³/mol. The van der Waals surface area contributed by atoms with E-state index in [0.29, 0.717) is 12.2 Å². The number of carbonyl (C=O) groups excluding carboxylic acids is 1. The van der Waals surface area contributed by atoms with Crippen molar-refractivity contribution >= 4 is 28.9 Å². The van der Waals surface area contributed by atoms with Crippen LogP contribution >= 0.6 is 11.3 Å². The third kappa shape index (κ3) is 4.61. The Labute approximate surface area is 138 Å². The van der Waals surface area contributed by atoms with Gasteiger partial charge in [0.15, 0.2) is 0 Å². The van der Waals surface area contributed by atoms with Crippen molar-refractivity contribution in [3.8, 4) is 0 Å². The Morgan fingerprint density at radius 2 is 2.00 bits per heavy atom. The highest BCUT2D eigenvalue weighted by molar-refractivity contribution is 7.11. The van der Waals surface area contributed by atoms with E-state index in [1.165, 1.54) is 6.07 Å². The summed E-state index contributed by atoms with van der Waals surface area (Å²) in [5.74, 6) is -1.31. The van der Waals surface area contributed by atoms with Gasteiger partial charge in [-0.25, -0.2) is 9.78 Å². The molecule has 23 heavy (non-hydrogen) atoms. The lowest BCUT2D eigenvalue weighted by molar-refractivity contribution is -0.117. The van der Waals surface area contributed by atoms with Crippen LogP contribution in [0.4, 0.5) is 5.69 Å². The average molecular weight is 333 g/mol. The molecule has 1 amide bonds. The zero-order valence-corrected chi connectivity index (χ0v) is 14.1. The Morgan fingerprint density at radius 3 is 2.61 bits per heavy atom. The van der Waals surface area contributed by atoms with Gasteiger partial charge in [-0.2, -0.15) is 0 Å². The molecule has 2 N–H and O–H groups in total. The number of anilines is 1. The van der Waals surface area contributed by atoms with Crippen LogP contribution in [0.1, 0.15) is 25.9 Å². The number of likely N-dealkylation sites (N-methyl/N-ethyl adjacent to an activating group) is 1. The van der Waals surface area contributed by atoms with E-state index in [1.54, 1.807) is 29.5 Å². The van der Waals surface area contributed by atoms with Crippen molar-refractivity contribution in [3.05, 3.63) is 45.4 Å². The second kappa shape index (κ2) is 7.34. The number of carboxylic acids is 1. The number of amides is 1. The van der Waals surface area contributed by atoms with Crippen molar-refractivity contribution in [1.29, 1.82) is 0 Å². The van der Waals surface area contributed by atoms with Crippen LogP contribution in [0.5, 0.6) is 0 Å². The maximum atomic E-state index is 12.1. The molecule has 0 aliphatic rings. The number of aryl methyl sites for hydroxylation is 2. The number of hydrogen-bond acceptors (Lipinski definition) is 5. The Hall–Kier alpha value is -2.25. The lowest BCUT2D eigenvalue weighted by atomic mass is 10.2. The molecule has 0 radical (unpaired) electrons. The van der Waals surface area contributed by atoms with Gasteiger partial charge in [-0.3, -0.25) is 9.69 Å². The standard InChI is InChI=1S/C16H19N3O3S/c1-10-14(23-11(2)17-10)8-19(3)9-15(20)18-13-7-5-4-6-12(13)16(21)22/h4-7H,8-9H2,1-3H3,(H,18,20)(H,21,22). The van der Waals surface area contributed by atoms with Crippen LogP contribution in [-0.2, 0) is 11.3 Å². The van der Waals surface area contributed by atoms with Crippen molar-refractivity contribution in [3.63, 3.8) is 0 Å². The molecule has 0 bridgehead atoms. The van der Waals surface area contributed by atoms with E-state index in [2.05, 4.69) is 10.3 Å². The van der Waals surface area contributed by atoms with E-state index in [4.69, 9.17) is 5.11 Å². The summed E-state index contributed by atoms with van der Waals surface area (Å²) >= 11 is 1.62. The predicted octanol–water partition coefficient (Wildman–Crippen LogP) is 2.53. The third-order valence-electron chi connectivity index (χ3n) is 3.26. The number of carbonyl (C=O) groups is 2. The summed E-state index contributed by atoms with van der Waals surface area (Å²) in [6.45, 7) is 4.71. The first-order valence-corrected chi connectivity index (χ1v) is 7.92. The molecule has 1 heterocycles. The van der Waals surface area contributed by atoms with Crippen LogP contribution in [-0.4, -0.2) is 40.5 Å². The monoisotopic (exact) mass is 333 g/mol. The normalized spacial score (nSPS) is 10.8. The van der Waals surface area contributed by atoms with E-state index < -0.39 is 5.97 Å². The van der Waals surface area contributed by atoms with Gasteiger partial charge in [0.2, 0.25) is 5.91 Å². The van der Waals surface area contributed by atoms with Crippen LogP contribution in [0, 0.1) is 13.8 Å². The molecular weight excluding hydrogens is 314 g/mol. The first kappa shape index (κ1) is 17.1. The second-order valence-corrected chi connectivity index (χ2v) is 6.60. The molecule has 0 fully saturated rings. The first-order valence-electron chi connectivity index (χ1n) is 7.10. The zero-order valence-electron chi connectivity index (χ0n) is 13.3. The van der Waals surface area contributed by atoms with Gasteiger partial charge in [0.05, 0.1) is 28.5 Å². The molecule has 0 atom stereocenters. The van der Waals surface area contributed by atoms with Gasteiger partial charge in [0.25, 0.3) is 0 Å². The van der Waals surface area contributed by atoms with Crippen molar-refractivity contribution in [2.24, 2.45) is 0 Å². The SMILES string of the molecule is Cc1nc(C)c(CN(C)CC(=O)Nc2ccccc2C(=O)O)s1. The molecule has 1 aromatic heterocycles. The third-order valence-corrected chi connectivity index (χ3v) is 4.32. The van der Waals surface area contributed by atoms with E-state index in [0.717, 1.165) is 15.6 Å². The van der Waals surface area contributed by atoms with Crippen molar-refractivity contribution in [1.82, 2.24) is 9.88 Å². The minimum atomic E-state index is -1.06. The first-order chi connectivity index (χ1) is 10.9. The van der Waals surface area contributed by atoms with E-state index in [-0.39, 0.29) is 18.0 Å². The number of para-hydroxylation sites is 1. The van der Waals surface area contributed by atoms with E-state index >= 15 is 0 Å². The number of aromatic carboxylic acids is 1. The molecule has 0 saturated heterocycles. The lowest BCUT2D eigenvalue weighted by Gasteiger charge is -2.16. The smallest absolute Gasteiger partial charge is 0.337 e. The number of benzene rings is 1. The Bertz CT molecular complexity index is 727. The maximum Gasteiger partial charge on any atom is 0.337 e. The minimum Gasteiger partial charge on any atom is -0.478 e.